The number of anilines is 1. The molecule has 2 aromatic rings. The lowest BCUT2D eigenvalue weighted by Crippen LogP contribution is -2.23. The monoisotopic (exact) mass is 311 g/mol. The SMILES string of the molecule is Cc1nc(SC(C)C(=O)Nc2sccc2C(N)=O)n[nH]1. The molecule has 2 rings (SSSR count). The maximum Gasteiger partial charge on any atom is 0.251 e. The summed E-state index contributed by atoms with van der Waals surface area (Å²) in [6, 6.07) is 1.58. The Kier molecular flexibility index (Phi) is 4.40. The van der Waals surface area contributed by atoms with E-state index in [-0.39, 0.29) is 5.91 Å². The largest absolute Gasteiger partial charge is 0.366 e. The van der Waals surface area contributed by atoms with Gasteiger partial charge in [0, 0.05) is 0 Å². The molecule has 0 radical (unpaired) electrons. The third-order valence-corrected chi connectivity index (χ3v) is 4.19. The van der Waals surface area contributed by atoms with Crippen molar-refractivity contribution in [1.82, 2.24) is 15.2 Å². The molecule has 1 atom stereocenters. The molecule has 0 aliphatic rings. The van der Waals surface area contributed by atoms with Crippen LogP contribution in [0, 0.1) is 6.92 Å². The molecule has 0 spiro atoms. The summed E-state index contributed by atoms with van der Waals surface area (Å²) in [6.45, 7) is 3.52. The number of thioether (sulfide) groups is 1. The molecule has 0 bridgehead atoms. The highest BCUT2D eigenvalue weighted by atomic mass is 32.2. The molecule has 0 aliphatic heterocycles. The summed E-state index contributed by atoms with van der Waals surface area (Å²) >= 11 is 2.49. The smallest absolute Gasteiger partial charge is 0.251 e. The first-order chi connectivity index (χ1) is 9.47. The van der Waals surface area contributed by atoms with Gasteiger partial charge in [0.25, 0.3) is 5.91 Å². The molecule has 2 aromatic heterocycles. The molecule has 2 heterocycles. The molecule has 4 N–H and O–H groups in total. The third kappa shape index (κ3) is 3.36. The number of carbonyl (C=O) groups excluding carboxylic acids is 2. The fourth-order valence-electron chi connectivity index (χ4n) is 1.40. The van der Waals surface area contributed by atoms with Crippen molar-refractivity contribution in [2.45, 2.75) is 24.3 Å². The van der Waals surface area contributed by atoms with Gasteiger partial charge in [-0.2, -0.15) is 0 Å². The van der Waals surface area contributed by atoms with Crippen LogP contribution in [-0.4, -0.2) is 32.2 Å². The van der Waals surface area contributed by atoms with Gasteiger partial charge in [-0.3, -0.25) is 14.7 Å². The van der Waals surface area contributed by atoms with Gasteiger partial charge >= 0.3 is 0 Å². The average Bonchev–Trinajstić information content (AvgIpc) is 2.98. The molecular weight excluding hydrogens is 298 g/mol. The van der Waals surface area contributed by atoms with Crippen molar-refractivity contribution in [3.63, 3.8) is 0 Å². The average molecular weight is 311 g/mol. The van der Waals surface area contributed by atoms with E-state index in [0.717, 1.165) is 0 Å². The van der Waals surface area contributed by atoms with E-state index in [9.17, 15) is 9.59 Å². The fourth-order valence-corrected chi connectivity index (χ4v) is 2.97. The summed E-state index contributed by atoms with van der Waals surface area (Å²) in [4.78, 5) is 27.4. The third-order valence-electron chi connectivity index (χ3n) is 2.40. The molecule has 1 unspecified atom stereocenters. The number of hydrogen-bond donors (Lipinski definition) is 3. The lowest BCUT2D eigenvalue weighted by atomic mass is 10.3. The van der Waals surface area contributed by atoms with E-state index in [0.29, 0.717) is 21.5 Å². The Balaban J connectivity index is 2.00. The zero-order valence-corrected chi connectivity index (χ0v) is 12.5. The standard InChI is InChI=1S/C11H13N5O2S2/c1-5(20-11-13-6(2)15-16-11)9(18)14-10-7(8(12)17)3-4-19-10/h3-5H,1-2H3,(H2,12,17)(H,14,18)(H,13,15,16). The molecule has 2 amide bonds. The number of amides is 2. The Morgan fingerprint density at radius 2 is 2.30 bits per heavy atom. The second kappa shape index (κ2) is 6.06. The summed E-state index contributed by atoms with van der Waals surface area (Å²) < 4.78 is 0. The highest BCUT2D eigenvalue weighted by Gasteiger charge is 2.19. The van der Waals surface area contributed by atoms with Gasteiger partial charge < -0.3 is 11.1 Å². The molecular formula is C11H13N5O2S2. The van der Waals surface area contributed by atoms with E-state index in [4.69, 9.17) is 5.73 Å². The molecule has 7 nitrogen and oxygen atoms in total. The van der Waals surface area contributed by atoms with E-state index in [2.05, 4.69) is 20.5 Å². The van der Waals surface area contributed by atoms with Gasteiger partial charge in [0.05, 0.1) is 10.8 Å². The van der Waals surface area contributed by atoms with Crippen LogP contribution in [0.1, 0.15) is 23.1 Å². The van der Waals surface area contributed by atoms with Gasteiger partial charge in [0.1, 0.15) is 10.8 Å². The molecule has 0 saturated heterocycles. The Morgan fingerprint density at radius 3 is 2.90 bits per heavy atom. The van der Waals surface area contributed by atoms with Crippen LogP contribution in [0.25, 0.3) is 0 Å². The van der Waals surface area contributed by atoms with Crippen LogP contribution in [0.15, 0.2) is 16.6 Å². The minimum Gasteiger partial charge on any atom is -0.366 e. The van der Waals surface area contributed by atoms with Crippen LogP contribution in [0.4, 0.5) is 5.00 Å². The molecule has 0 aliphatic carbocycles. The lowest BCUT2D eigenvalue weighted by molar-refractivity contribution is -0.115. The zero-order valence-electron chi connectivity index (χ0n) is 10.8. The molecule has 0 saturated carbocycles. The van der Waals surface area contributed by atoms with Crippen LogP contribution >= 0.6 is 23.1 Å². The summed E-state index contributed by atoms with van der Waals surface area (Å²) in [5.41, 5.74) is 5.54. The normalized spacial score (nSPS) is 12.1. The minimum atomic E-state index is -0.563. The zero-order chi connectivity index (χ0) is 14.7. The number of nitrogens with zero attached hydrogens (tertiary/aromatic N) is 2. The first-order valence-corrected chi connectivity index (χ1v) is 7.47. The summed E-state index contributed by atoms with van der Waals surface area (Å²) in [5, 5.41) is 11.6. The number of hydrogen-bond acceptors (Lipinski definition) is 6. The maximum absolute atomic E-state index is 12.1. The predicted molar refractivity (Wildman–Crippen MR) is 77.9 cm³/mol. The Hall–Kier alpha value is -1.87. The number of primary amides is 1. The minimum absolute atomic E-state index is 0.234. The number of aromatic amines is 1. The summed E-state index contributed by atoms with van der Waals surface area (Å²) in [5.74, 6) is -0.108. The molecule has 20 heavy (non-hydrogen) atoms. The number of nitrogens with two attached hydrogens (primary N) is 1. The highest BCUT2D eigenvalue weighted by molar-refractivity contribution is 8.00. The fraction of sp³-hybridized carbons (Fsp3) is 0.273. The van der Waals surface area contributed by atoms with Crippen LogP contribution in [0.2, 0.25) is 0 Å². The van der Waals surface area contributed by atoms with E-state index < -0.39 is 11.2 Å². The van der Waals surface area contributed by atoms with Crippen molar-refractivity contribution in [2.75, 3.05) is 5.32 Å². The van der Waals surface area contributed by atoms with Crippen LogP contribution in [-0.2, 0) is 4.79 Å². The number of nitrogens with one attached hydrogen (secondary N) is 2. The first kappa shape index (κ1) is 14.5. The molecule has 0 aromatic carbocycles. The van der Waals surface area contributed by atoms with Gasteiger partial charge in [0.15, 0.2) is 0 Å². The predicted octanol–water partition coefficient (Wildman–Crippen LogP) is 1.39. The van der Waals surface area contributed by atoms with Crippen LogP contribution in [0.5, 0.6) is 0 Å². The van der Waals surface area contributed by atoms with E-state index in [1.165, 1.54) is 23.1 Å². The molecule has 106 valence electrons. The van der Waals surface area contributed by atoms with Crippen molar-refractivity contribution < 1.29 is 9.59 Å². The topological polar surface area (TPSA) is 114 Å². The summed E-state index contributed by atoms with van der Waals surface area (Å²) in [7, 11) is 0. The van der Waals surface area contributed by atoms with E-state index >= 15 is 0 Å². The quantitative estimate of drug-likeness (QED) is 0.722. The number of thiophene rings is 1. The first-order valence-electron chi connectivity index (χ1n) is 5.71. The molecule has 9 heteroatoms. The second-order valence-corrected chi connectivity index (χ2v) is 6.20. The van der Waals surface area contributed by atoms with Gasteiger partial charge in [-0.15, -0.1) is 16.4 Å². The van der Waals surface area contributed by atoms with Crippen molar-refractivity contribution >= 4 is 39.9 Å². The van der Waals surface area contributed by atoms with Gasteiger partial charge in [-0.25, -0.2) is 4.98 Å². The lowest BCUT2D eigenvalue weighted by Gasteiger charge is -2.09. The number of carbonyl (C=O) groups is 2. The highest BCUT2D eigenvalue weighted by Crippen LogP contribution is 2.25. The van der Waals surface area contributed by atoms with Crippen molar-refractivity contribution in [2.24, 2.45) is 5.73 Å². The molecule has 0 fully saturated rings. The van der Waals surface area contributed by atoms with Crippen molar-refractivity contribution in [3.05, 3.63) is 22.8 Å². The van der Waals surface area contributed by atoms with Gasteiger partial charge in [0.2, 0.25) is 11.1 Å². The van der Waals surface area contributed by atoms with Crippen LogP contribution < -0.4 is 11.1 Å². The van der Waals surface area contributed by atoms with E-state index in [1.54, 1.807) is 25.3 Å². The second-order valence-electron chi connectivity index (χ2n) is 3.98. The van der Waals surface area contributed by atoms with Gasteiger partial charge in [-0.1, -0.05) is 11.8 Å². The maximum atomic E-state index is 12.1. The van der Waals surface area contributed by atoms with Crippen molar-refractivity contribution in [3.8, 4) is 0 Å². The number of rotatable bonds is 5. The van der Waals surface area contributed by atoms with Crippen LogP contribution in [0.3, 0.4) is 0 Å². The Labute approximate surface area is 123 Å². The van der Waals surface area contributed by atoms with Gasteiger partial charge in [-0.05, 0) is 25.3 Å². The number of aromatic nitrogens is 3. The van der Waals surface area contributed by atoms with Crippen molar-refractivity contribution in [1.29, 1.82) is 0 Å². The number of H-pyrrole nitrogens is 1. The summed E-state index contributed by atoms with van der Waals surface area (Å²) in [6.07, 6.45) is 0. The van der Waals surface area contributed by atoms with E-state index in [1.807, 2.05) is 0 Å². The Bertz CT molecular complexity index is 636. The Morgan fingerprint density at radius 1 is 1.55 bits per heavy atom. The number of aryl methyl sites for hydroxylation is 1.